The molecule has 1 nitrogen and oxygen atoms in total. The van der Waals surface area contributed by atoms with Crippen LogP contribution in [0.3, 0.4) is 0 Å². The van der Waals surface area contributed by atoms with Gasteiger partial charge in [0.2, 0.25) is 0 Å². The Morgan fingerprint density at radius 3 is 2.67 bits per heavy atom. The van der Waals surface area contributed by atoms with Crippen LogP contribution in [0.2, 0.25) is 0 Å². The molecule has 0 bridgehead atoms. The van der Waals surface area contributed by atoms with Gasteiger partial charge in [-0.05, 0) is 29.8 Å². The fourth-order valence-electron chi connectivity index (χ4n) is 2.32. The molecule has 1 unspecified atom stereocenters. The van der Waals surface area contributed by atoms with E-state index in [0.29, 0.717) is 10.2 Å². The molecule has 0 aromatic heterocycles. The summed E-state index contributed by atoms with van der Waals surface area (Å²) in [7, 11) is 0. The Labute approximate surface area is 133 Å². The number of thioether (sulfide) groups is 1. The van der Waals surface area contributed by atoms with Gasteiger partial charge in [-0.2, -0.15) is 13.2 Å². The Balaban J connectivity index is 1.88. The summed E-state index contributed by atoms with van der Waals surface area (Å²) in [5, 5.41) is 3.20. The van der Waals surface area contributed by atoms with E-state index in [1.807, 2.05) is 24.3 Å². The fraction of sp³-hybridized carbons (Fsp3) is 0.200. The summed E-state index contributed by atoms with van der Waals surface area (Å²) in [5.41, 5.74) is 0.952. The lowest BCUT2D eigenvalue weighted by atomic mass is 10.1. The Morgan fingerprint density at radius 1 is 1.14 bits per heavy atom. The third-order valence-electron chi connectivity index (χ3n) is 3.27. The van der Waals surface area contributed by atoms with Crippen molar-refractivity contribution in [2.45, 2.75) is 17.1 Å². The van der Waals surface area contributed by atoms with Crippen LogP contribution in [0.5, 0.6) is 0 Å². The molecule has 0 amide bonds. The number of hydrogen-bond acceptors (Lipinski definition) is 2. The van der Waals surface area contributed by atoms with Crippen LogP contribution >= 0.6 is 27.7 Å². The zero-order chi connectivity index (χ0) is 15.0. The molecular formula is C15H11BrF3NS. The standard InChI is InChI=1S/C15H11BrF3NS/c16-10-5-9(15(17,18)19)6-11(7-10)20-13-8-21-14-4-2-1-3-12(13)14/h1-7,13,20H,8H2. The zero-order valence-electron chi connectivity index (χ0n) is 10.7. The van der Waals surface area contributed by atoms with Crippen molar-refractivity contribution < 1.29 is 13.2 Å². The maximum atomic E-state index is 12.8. The first-order valence-electron chi connectivity index (χ1n) is 6.29. The van der Waals surface area contributed by atoms with Crippen molar-refractivity contribution >= 4 is 33.4 Å². The number of rotatable bonds is 2. The van der Waals surface area contributed by atoms with Crippen molar-refractivity contribution in [1.29, 1.82) is 0 Å². The Bertz CT molecular complexity index is 672. The molecule has 1 aliphatic rings. The highest BCUT2D eigenvalue weighted by atomic mass is 79.9. The van der Waals surface area contributed by atoms with Gasteiger partial charge in [-0.3, -0.25) is 0 Å². The van der Waals surface area contributed by atoms with Gasteiger partial charge in [0, 0.05) is 20.8 Å². The minimum absolute atomic E-state index is 0.0292. The normalized spacial score (nSPS) is 17.6. The third kappa shape index (κ3) is 3.21. The van der Waals surface area contributed by atoms with Gasteiger partial charge in [0.15, 0.2) is 0 Å². The molecule has 0 radical (unpaired) electrons. The largest absolute Gasteiger partial charge is 0.416 e. The molecule has 21 heavy (non-hydrogen) atoms. The van der Waals surface area contributed by atoms with Crippen molar-refractivity contribution in [2.24, 2.45) is 0 Å². The smallest absolute Gasteiger partial charge is 0.377 e. The molecule has 1 aliphatic heterocycles. The van der Waals surface area contributed by atoms with E-state index < -0.39 is 11.7 Å². The van der Waals surface area contributed by atoms with Crippen LogP contribution < -0.4 is 5.32 Å². The molecular weight excluding hydrogens is 363 g/mol. The van der Waals surface area contributed by atoms with E-state index in [4.69, 9.17) is 0 Å². The van der Waals surface area contributed by atoms with Gasteiger partial charge in [-0.15, -0.1) is 11.8 Å². The molecule has 110 valence electrons. The maximum Gasteiger partial charge on any atom is 0.416 e. The summed E-state index contributed by atoms with van der Waals surface area (Å²) in [6.07, 6.45) is -4.34. The first kappa shape index (κ1) is 14.8. The predicted molar refractivity (Wildman–Crippen MR) is 82.7 cm³/mol. The monoisotopic (exact) mass is 373 g/mol. The predicted octanol–water partition coefficient (Wildman–Crippen LogP) is 5.73. The number of benzene rings is 2. The van der Waals surface area contributed by atoms with E-state index in [1.54, 1.807) is 17.8 Å². The molecule has 6 heteroatoms. The third-order valence-corrected chi connectivity index (χ3v) is 4.91. The van der Waals surface area contributed by atoms with Crippen LogP contribution in [0, 0.1) is 0 Å². The van der Waals surface area contributed by atoms with E-state index in [0.717, 1.165) is 23.4 Å². The number of hydrogen-bond donors (Lipinski definition) is 1. The average molecular weight is 374 g/mol. The lowest BCUT2D eigenvalue weighted by Crippen LogP contribution is -2.11. The lowest BCUT2D eigenvalue weighted by molar-refractivity contribution is -0.137. The van der Waals surface area contributed by atoms with E-state index in [9.17, 15) is 13.2 Å². The molecule has 1 N–H and O–H groups in total. The van der Waals surface area contributed by atoms with Crippen molar-refractivity contribution in [3.8, 4) is 0 Å². The fourth-order valence-corrected chi connectivity index (χ4v) is 3.97. The van der Waals surface area contributed by atoms with Crippen LogP contribution in [0.25, 0.3) is 0 Å². The summed E-state index contributed by atoms with van der Waals surface area (Å²) in [6.45, 7) is 0. The van der Waals surface area contributed by atoms with Gasteiger partial charge in [-0.1, -0.05) is 34.1 Å². The number of anilines is 1. The topological polar surface area (TPSA) is 12.0 Å². The quantitative estimate of drug-likeness (QED) is 0.721. The van der Waals surface area contributed by atoms with Crippen molar-refractivity contribution in [3.63, 3.8) is 0 Å². The maximum absolute atomic E-state index is 12.8. The molecule has 0 fully saturated rings. The second kappa shape index (κ2) is 5.57. The Hall–Kier alpha value is -1.14. The molecule has 0 aliphatic carbocycles. The van der Waals surface area contributed by atoms with Gasteiger partial charge < -0.3 is 5.32 Å². The highest BCUT2D eigenvalue weighted by Crippen LogP contribution is 2.40. The minimum Gasteiger partial charge on any atom is -0.377 e. The summed E-state index contributed by atoms with van der Waals surface area (Å²) < 4.78 is 39.0. The van der Waals surface area contributed by atoms with Gasteiger partial charge in [0.05, 0.1) is 11.6 Å². The SMILES string of the molecule is FC(F)(F)c1cc(Br)cc(NC2CSc3ccccc32)c1. The van der Waals surface area contributed by atoms with Crippen molar-refractivity contribution in [2.75, 3.05) is 11.1 Å². The second-order valence-corrected chi connectivity index (χ2v) is 6.75. The van der Waals surface area contributed by atoms with Crippen LogP contribution in [-0.4, -0.2) is 5.75 Å². The molecule has 0 saturated heterocycles. The van der Waals surface area contributed by atoms with E-state index in [1.165, 1.54) is 4.90 Å². The van der Waals surface area contributed by atoms with Crippen molar-refractivity contribution in [1.82, 2.24) is 0 Å². The molecule has 0 saturated carbocycles. The second-order valence-electron chi connectivity index (χ2n) is 4.77. The lowest BCUT2D eigenvalue weighted by Gasteiger charge is -2.17. The van der Waals surface area contributed by atoms with E-state index in [-0.39, 0.29) is 6.04 Å². The van der Waals surface area contributed by atoms with E-state index >= 15 is 0 Å². The Morgan fingerprint density at radius 2 is 1.90 bits per heavy atom. The van der Waals surface area contributed by atoms with Gasteiger partial charge in [-0.25, -0.2) is 0 Å². The molecule has 1 atom stereocenters. The number of halogens is 4. The van der Waals surface area contributed by atoms with Crippen LogP contribution in [0.1, 0.15) is 17.2 Å². The van der Waals surface area contributed by atoms with Gasteiger partial charge in [0.1, 0.15) is 0 Å². The molecule has 0 spiro atoms. The van der Waals surface area contributed by atoms with Gasteiger partial charge in [0.25, 0.3) is 0 Å². The molecule has 3 rings (SSSR count). The highest BCUT2D eigenvalue weighted by molar-refractivity contribution is 9.10. The van der Waals surface area contributed by atoms with Crippen LogP contribution in [-0.2, 0) is 6.18 Å². The van der Waals surface area contributed by atoms with E-state index in [2.05, 4.69) is 21.2 Å². The summed E-state index contributed by atoms with van der Waals surface area (Å²) in [6, 6.07) is 11.9. The van der Waals surface area contributed by atoms with Crippen LogP contribution in [0.4, 0.5) is 18.9 Å². The minimum atomic E-state index is -4.34. The first-order valence-corrected chi connectivity index (χ1v) is 8.07. The molecule has 2 aromatic carbocycles. The molecule has 2 aromatic rings. The van der Waals surface area contributed by atoms with Crippen molar-refractivity contribution in [3.05, 3.63) is 58.1 Å². The van der Waals surface area contributed by atoms with Gasteiger partial charge >= 0.3 is 6.18 Å². The number of alkyl halides is 3. The Kier molecular flexibility index (Phi) is 3.92. The number of nitrogens with one attached hydrogen (secondary N) is 1. The average Bonchev–Trinajstić information content (AvgIpc) is 2.81. The number of fused-ring (bicyclic) bond motifs is 1. The summed E-state index contributed by atoms with van der Waals surface area (Å²) >= 11 is 4.85. The highest BCUT2D eigenvalue weighted by Gasteiger charge is 2.31. The zero-order valence-corrected chi connectivity index (χ0v) is 13.1. The molecule has 1 heterocycles. The summed E-state index contributed by atoms with van der Waals surface area (Å²) in [4.78, 5) is 1.18. The summed E-state index contributed by atoms with van der Waals surface area (Å²) in [5.74, 6) is 0.813. The first-order chi connectivity index (χ1) is 9.93. The van der Waals surface area contributed by atoms with Crippen LogP contribution in [0.15, 0.2) is 51.8 Å².